The van der Waals surface area contributed by atoms with Crippen molar-refractivity contribution < 1.29 is 5.11 Å². The van der Waals surface area contributed by atoms with E-state index in [0.29, 0.717) is 0 Å². The van der Waals surface area contributed by atoms with E-state index in [1.54, 1.807) is 0 Å². The summed E-state index contributed by atoms with van der Waals surface area (Å²) >= 11 is 2.01. The van der Waals surface area contributed by atoms with Gasteiger partial charge in [-0.2, -0.15) is 11.8 Å². The smallest absolute Gasteiger partial charge is 0.0546 e. The van der Waals surface area contributed by atoms with Gasteiger partial charge in [0.1, 0.15) is 0 Å². The fourth-order valence-corrected chi connectivity index (χ4v) is 2.25. The minimum atomic E-state index is 0.00227. The Bertz CT molecular complexity index is 126. The molecule has 3 heteroatoms. The maximum Gasteiger partial charge on any atom is 0.0546 e. The van der Waals surface area contributed by atoms with Gasteiger partial charge >= 0.3 is 0 Å². The highest BCUT2D eigenvalue weighted by Gasteiger charge is 2.26. The van der Waals surface area contributed by atoms with Gasteiger partial charge in [0.15, 0.2) is 0 Å². The van der Waals surface area contributed by atoms with E-state index in [1.165, 1.54) is 17.9 Å². The van der Waals surface area contributed by atoms with Crippen LogP contribution in [0.3, 0.4) is 0 Å². The van der Waals surface area contributed by atoms with E-state index in [2.05, 4.69) is 12.2 Å². The Morgan fingerprint density at radius 3 is 2.85 bits per heavy atom. The van der Waals surface area contributed by atoms with Gasteiger partial charge in [-0.25, -0.2) is 0 Å². The van der Waals surface area contributed by atoms with Crippen LogP contribution < -0.4 is 5.32 Å². The van der Waals surface area contributed by atoms with Crippen molar-refractivity contribution in [2.75, 3.05) is 24.6 Å². The number of thioether (sulfide) groups is 1. The quantitative estimate of drug-likeness (QED) is 0.615. The predicted molar refractivity (Wildman–Crippen MR) is 59.2 cm³/mol. The van der Waals surface area contributed by atoms with E-state index >= 15 is 0 Å². The first-order valence-corrected chi connectivity index (χ1v) is 6.45. The lowest BCUT2D eigenvalue weighted by atomic mass is 9.82. The summed E-state index contributed by atoms with van der Waals surface area (Å²) in [5.74, 6) is 3.25. The molecule has 0 unspecified atom stereocenters. The van der Waals surface area contributed by atoms with Crippen molar-refractivity contribution in [2.24, 2.45) is 5.92 Å². The summed E-state index contributed by atoms with van der Waals surface area (Å²) in [4.78, 5) is 0. The monoisotopic (exact) mass is 203 g/mol. The third-order valence-corrected chi connectivity index (χ3v) is 3.48. The molecule has 0 amide bonds. The zero-order valence-corrected chi connectivity index (χ0v) is 9.28. The molecule has 0 heterocycles. The standard InChI is InChI=1S/C10H21NOS/c1-2-13-5-3-4-11-8-9-6-10(12)7-9/h9-12H,2-8H2,1H3. The molecule has 1 aliphatic carbocycles. The molecule has 0 bridgehead atoms. The normalized spacial score (nSPS) is 27.2. The van der Waals surface area contributed by atoms with Crippen LogP contribution >= 0.6 is 11.8 Å². The highest BCUT2D eigenvalue weighted by molar-refractivity contribution is 7.99. The van der Waals surface area contributed by atoms with Crippen molar-refractivity contribution in [1.29, 1.82) is 0 Å². The number of nitrogens with one attached hydrogen (secondary N) is 1. The lowest BCUT2D eigenvalue weighted by Gasteiger charge is -2.31. The maximum atomic E-state index is 9.06. The minimum absolute atomic E-state index is 0.00227. The summed E-state index contributed by atoms with van der Waals surface area (Å²) in [5, 5.41) is 12.5. The maximum absolute atomic E-state index is 9.06. The molecular formula is C10H21NOS. The highest BCUT2D eigenvalue weighted by Crippen LogP contribution is 2.25. The summed E-state index contributed by atoms with van der Waals surface area (Å²) in [7, 11) is 0. The molecule has 0 aromatic rings. The van der Waals surface area contributed by atoms with E-state index in [0.717, 1.165) is 31.8 Å². The lowest BCUT2D eigenvalue weighted by molar-refractivity contribution is 0.0432. The van der Waals surface area contributed by atoms with Crippen LogP contribution in [0.5, 0.6) is 0 Å². The van der Waals surface area contributed by atoms with Crippen LogP contribution in [0.15, 0.2) is 0 Å². The molecule has 0 spiro atoms. The van der Waals surface area contributed by atoms with Gasteiger partial charge in [0, 0.05) is 0 Å². The average molecular weight is 203 g/mol. The van der Waals surface area contributed by atoms with E-state index < -0.39 is 0 Å². The largest absolute Gasteiger partial charge is 0.393 e. The van der Waals surface area contributed by atoms with Gasteiger partial charge in [-0.15, -0.1) is 0 Å². The molecule has 13 heavy (non-hydrogen) atoms. The van der Waals surface area contributed by atoms with Crippen molar-refractivity contribution >= 4 is 11.8 Å². The van der Waals surface area contributed by atoms with Gasteiger partial charge in [0.2, 0.25) is 0 Å². The van der Waals surface area contributed by atoms with Crippen molar-refractivity contribution in [3.63, 3.8) is 0 Å². The van der Waals surface area contributed by atoms with Crippen molar-refractivity contribution in [3.05, 3.63) is 0 Å². The molecule has 1 rings (SSSR count). The third kappa shape index (κ3) is 4.89. The molecular weight excluding hydrogens is 182 g/mol. The summed E-state index contributed by atoms with van der Waals surface area (Å²) in [6, 6.07) is 0. The molecule has 2 N–H and O–H groups in total. The minimum Gasteiger partial charge on any atom is -0.393 e. The molecule has 1 saturated carbocycles. The average Bonchev–Trinajstić information content (AvgIpc) is 2.07. The summed E-state index contributed by atoms with van der Waals surface area (Å²) in [6.07, 6.45) is 3.30. The van der Waals surface area contributed by atoms with Gasteiger partial charge < -0.3 is 10.4 Å². The van der Waals surface area contributed by atoms with Gasteiger partial charge in [-0.1, -0.05) is 6.92 Å². The van der Waals surface area contributed by atoms with Crippen molar-refractivity contribution in [2.45, 2.75) is 32.3 Å². The second-order valence-corrected chi connectivity index (χ2v) is 5.14. The first kappa shape index (κ1) is 11.3. The fraction of sp³-hybridized carbons (Fsp3) is 1.00. The van der Waals surface area contributed by atoms with Crippen LogP contribution in [0.1, 0.15) is 26.2 Å². The third-order valence-electron chi connectivity index (χ3n) is 2.49. The first-order valence-electron chi connectivity index (χ1n) is 5.29. The Morgan fingerprint density at radius 1 is 1.46 bits per heavy atom. The number of hydrogen-bond acceptors (Lipinski definition) is 3. The molecule has 1 aliphatic rings. The van der Waals surface area contributed by atoms with Crippen LogP contribution in [-0.2, 0) is 0 Å². The van der Waals surface area contributed by atoms with Crippen molar-refractivity contribution in [3.8, 4) is 0 Å². The van der Waals surface area contributed by atoms with Crippen LogP contribution in [0.2, 0.25) is 0 Å². The molecule has 0 aromatic carbocycles. The Labute approximate surface area is 85.5 Å². The second kappa shape index (κ2) is 6.68. The Balaban J connectivity index is 1.74. The lowest BCUT2D eigenvalue weighted by Crippen LogP contribution is -2.36. The van der Waals surface area contributed by atoms with Gasteiger partial charge in [0.05, 0.1) is 6.10 Å². The molecule has 78 valence electrons. The summed E-state index contributed by atoms with van der Waals surface area (Å²) in [6.45, 7) is 4.45. The highest BCUT2D eigenvalue weighted by atomic mass is 32.2. The van der Waals surface area contributed by atoms with Crippen LogP contribution in [-0.4, -0.2) is 35.8 Å². The fourth-order valence-electron chi connectivity index (χ4n) is 1.62. The molecule has 0 atom stereocenters. The van der Waals surface area contributed by atoms with Crippen LogP contribution in [0, 0.1) is 5.92 Å². The SMILES string of the molecule is CCSCCCNCC1CC(O)C1. The zero-order valence-electron chi connectivity index (χ0n) is 8.46. The van der Waals surface area contributed by atoms with E-state index in [4.69, 9.17) is 5.11 Å². The molecule has 0 aliphatic heterocycles. The van der Waals surface area contributed by atoms with E-state index in [-0.39, 0.29) is 6.10 Å². The van der Waals surface area contributed by atoms with E-state index in [1.807, 2.05) is 11.8 Å². The summed E-state index contributed by atoms with van der Waals surface area (Å²) in [5.41, 5.74) is 0. The Morgan fingerprint density at radius 2 is 2.23 bits per heavy atom. The molecule has 0 radical (unpaired) electrons. The molecule has 1 fully saturated rings. The van der Waals surface area contributed by atoms with Gasteiger partial charge in [-0.3, -0.25) is 0 Å². The number of hydrogen-bond donors (Lipinski definition) is 2. The van der Waals surface area contributed by atoms with Crippen LogP contribution in [0.4, 0.5) is 0 Å². The Hall–Kier alpha value is 0.270. The van der Waals surface area contributed by atoms with Crippen LogP contribution in [0.25, 0.3) is 0 Å². The number of rotatable bonds is 7. The first-order chi connectivity index (χ1) is 6.33. The second-order valence-electron chi connectivity index (χ2n) is 3.75. The summed E-state index contributed by atoms with van der Waals surface area (Å²) < 4.78 is 0. The Kier molecular flexibility index (Phi) is 5.83. The van der Waals surface area contributed by atoms with Gasteiger partial charge in [-0.05, 0) is 49.8 Å². The van der Waals surface area contributed by atoms with Gasteiger partial charge in [0.25, 0.3) is 0 Å². The molecule has 0 aromatic heterocycles. The topological polar surface area (TPSA) is 32.3 Å². The molecule has 2 nitrogen and oxygen atoms in total. The van der Waals surface area contributed by atoms with E-state index in [9.17, 15) is 0 Å². The number of aliphatic hydroxyl groups excluding tert-OH is 1. The predicted octanol–water partition coefficient (Wildman–Crippen LogP) is 1.49. The van der Waals surface area contributed by atoms with Crippen molar-refractivity contribution in [1.82, 2.24) is 5.32 Å². The molecule has 0 saturated heterocycles. The zero-order chi connectivity index (χ0) is 9.52. The number of aliphatic hydroxyl groups is 1.